The number of Topliss-reactive ketones (excluding diaryl/α,β-unsaturated/α-hetero) is 1. The molecule has 6 aliphatic carbocycles. The molecule has 8 rings (SSSR count). The minimum absolute atomic E-state index is 0.0937. The average molecular weight is 734 g/mol. The monoisotopic (exact) mass is 733 g/mol. The number of carbonyl (C=O) groups excluding carboxylic acids is 3. The Hall–Kier alpha value is -3.55. The summed E-state index contributed by atoms with van der Waals surface area (Å²) in [5, 5.41) is 14.5. The Balaban J connectivity index is 1.32. The lowest BCUT2D eigenvalue weighted by molar-refractivity contribution is -0.166. The summed E-state index contributed by atoms with van der Waals surface area (Å²) in [6, 6.07) is 2.36. The Kier molecular flexibility index (Phi) is 8.12. The molecule has 2 saturated carbocycles. The third kappa shape index (κ3) is 4.69. The molecular formula is C47H59NO6. The summed E-state index contributed by atoms with van der Waals surface area (Å²) in [6.07, 6.45) is 11.6. The number of ketones is 1. The van der Waals surface area contributed by atoms with Crippen LogP contribution in [0.1, 0.15) is 146 Å². The van der Waals surface area contributed by atoms with Gasteiger partial charge in [-0.15, -0.1) is 0 Å². The number of ether oxygens (including phenoxy) is 2. The van der Waals surface area contributed by atoms with Gasteiger partial charge in [0, 0.05) is 42.0 Å². The number of hydrogen-bond donors (Lipinski definition) is 2. The molecule has 54 heavy (non-hydrogen) atoms. The summed E-state index contributed by atoms with van der Waals surface area (Å²) in [6.45, 7) is 25.2. The zero-order chi connectivity index (χ0) is 39.2. The fourth-order valence-electron chi connectivity index (χ4n) is 13.6. The first-order chi connectivity index (χ1) is 25.1. The number of rotatable bonds is 5. The second-order valence-electron chi connectivity index (χ2n) is 19.5. The molecular weight excluding hydrogens is 675 g/mol. The van der Waals surface area contributed by atoms with E-state index in [0.29, 0.717) is 17.9 Å². The first-order valence-corrected chi connectivity index (χ1v) is 20.2. The second kappa shape index (κ2) is 11.7. The van der Waals surface area contributed by atoms with Gasteiger partial charge in [0.15, 0.2) is 5.78 Å². The second-order valence-corrected chi connectivity index (χ2v) is 19.5. The zero-order valence-corrected chi connectivity index (χ0v) is 34.2. The molecule has 0 bridgehead atoms. The molecule has 2 N–H and O–H groups in total. The Morgan fingerprint density at radius 2 is 1.72 bits per heavy atom. The number of carbonyl (C=O) groups is 3. The zero-order valence-electron chi connectivity index (χ0n) is 34.2. The largest absolute Gasteiger partial charge is 0.457 e. The topological polar surface area (TPSA) is 102 Å². The Labute approximate surface area is 321 Å². The third-order valence-corrected chi connectivity index (χ3v) is 15.8. The standard InChI is InChI=1S/C47H59NO6/c1-23(2)33-36-34-27(21-28-30-22-43(5,6)54-44(7,8)39(30)41(53-25(4)49)35(28)37(34)40(33)51)29-20-26-15-16-31-45(9,18-13-14-24(3)42(52)48-12)32(50)17-19-46(31,10)47(26,11)38(29)36/h13-14,18,21-22,26,31-33,36,39,41,50H,1,15-17,19-20H2,2-12H3,(H,48,52)/b18-13+,24-14+/t26?,31-,32-,33+,36?,39?,41+,45-,46-,47+/m0/s1. The van der Waals surface area contributed by atoms with E-state index >= 15 is 4.79 Å². The molecule has 3 unspecified atom stereocenters. The molecule has 1 aliphatic heterocycles. The molecule has 1 amide bonds. The number of likely N-dealkylation sites (N-methyl/N-ethyl adjacent to an activating group) is 1. The van der Waals surface area contributed by atoms with Crippen LogP contribution in [0.3, 0.4) is 0 Å². The molecule has 0 aromatic heterocycles. The molecule has 0 radical (unpaired) electrons. The van der Waals surface area contributed by atoms with Gasteiger partial charge in [-0.3, -0.25) is 14.4 Å². The number of aliphatic hydroxyl groups excluding tert-OH is 1. The highest BCUT2D eigenvalue weighted by Crippen LogP contribution is 2.78. The van der Waals surface area contributed by atoms with Crippen LogP contribution in [-0.4, -0.2) is 47.1 Å². The van der Waals surface area contributed by atoms with Crippen LogP contribution >= 0.6 is 0 Å². The van der Waals surface area contributed by atoms with E-state index in [0.717, 1.165) is 59.1 Å². The molecule has 2 fully saturated rings. The van der Waals surface area contributed by atoms with E-state index in [1.54, 1.807) is 7.05 Å². The van der Waals surface area contributed by atoms with E-state index in [2.05, 4.69) is 78.6 Å². The summed E-state index contributed by atoms with van der Waals surface area (Å²) < 4.78 is 12.9. The first kappa shape index (κ1) is 37.4. The normalized spacial score (nSPS) is 39.3. The van der Waals surface area contributed by atoms with Crippen molar-refractivity contribution in [2.24, 2.45) is 39.9 Å². The van der Waals surface area contributed by atoms with Crippen molar-refractivity contribution in [2.45, 2.75) is 131 Å². The fraction of sp³-hybridized carbons (Fsp3) is 0.596. The molecule has 1 aromatic rings. The lowest BCUT2D eigenvalue weighted by atomic mass is 9.39. The summed E-state index contributed by atoms with van der Waals surface area (Å²) in [5.41, 5.74) is 8.27. The van der Waals surface area contributed by atoms with E-state index < -0.39 is 34.7 Å². The molecule has 0 saturated heterocycles. The van der Waals surface area contributed by atoms with E-state index in [9.17, 15) is 14.7 Å². The smallest absolute Gasteiger partial charge is 0.303 e. The third-order valence-electron chi connectivity index (χ3n) is 15.8. The van der Waals surface area contributed by atoms with Gasteiger partial charge >= 0.3 is 5.97 Å². The van der Waals surface area contributed by atoms with Gasteiger partial charge < -0.3 is 19.9 Å². The van der Waals surface area contributed by atoms with Crippen molar-refractivity contribution in [3.8, 4) is 0 Å². The first-order valence-electron chi connectivity index (χ1n) is 20.2. The number of aliphatic hydroxyl groups is 1. The summed E-state index contributed by atoms with van der Waals surface area (Å²) in [4.78, 5) is 40.3. The number of esters is 1. The Morgan fingerprint density at radius 1 is 1.02 bits per heavy atom. The highest BCUT2D eigenvalue weighted by atomic mass is 16.6. The number of nitrogens with one attached hydrogen (secondary N) is 1. The van der Waals surface area contributed by atoms with Crippen molar-refractivity contribution in [2.75, 3.05) is 7.05 Å². The minimum atomic E-state index is -0.647. The highest BCUT2D eigenvalue weighted by Gasteiger charge is 2.70. The summed E-state index contributed by atoms with van der Waals surface area (Å²) in [5.74, 6) is -0.551. The molecule has 288 valence electrons. The van der Waals surface area contributed by atoms with Gasteiger partial charge in [0.1, 0.15) is 6.10 Å². The van der Waals surface area contributed by atoms with Gasteiger partial charge in [-0.25, -0.2) is 0 Å². The quantitative estimate of drug-likeness (QED) is 0.136. The minimum Gasteiger partial charge on any atom is -0.457 e. The lowest BCUT2D eigenvalue weighted by Crippen LogP contribution is -2.60. The number of allylic oxidation sites excluding steroid dienone is 5. The van der Waals surface area contributed by atoms with Gasteiger partial charge in [-0.05, 0) is 136 Å². The van der Waals surface area contributed by atoms with Crippen LogP contribution in [0.2, 0.25) is 0 Å². The fourth-order valence-corrected chi connectivity index (χ4v) is 13.6. The SMILES string of the molecule is C=C(C)[C@H]1C(=O)c2c3c(cc4c2[C@@H](OC(C)=O)C2C4=CC(C)(C)OC2(C)C)C2=C(C31)[C@@]1(C)C(CC[C@H]3[C@](C)(/C=C/C=C(\C)C(=O)NC)[C@@H](O)CC[C@@]31C)C2. The van der Waals surface area contributed by atoms with E-state index in [1.165, 1.54) is 23.6 Å². The predicted molar refractivity (Wildman–Crippen MR) is 211 cm³/mol. The van der Waals surface area contributed by atoms with Gasteiger partial charge in [0.05, 0.1) is 29.1 Å². The number of fused-ring (bicyclic) bond motifs is 10. The van der Waals surface area contributed by atoms with Crippen LogP contribution in [0.4, 0.5) is 0 Å². The highest BCUT2D eigenvalue weighted by molar-refractivity contribution is 6.12. The number of benzene rings is 1. The molecule has 0 spiro atoms. The van der Waals surface area contributed by atoms with Gasteiger partial charge in [0.25, 0.3) is 0 Å². The van der Waals surface area contributed by atoms with Crippen LogP contribution in [0.15, 0.2) is 53.7 Å². The summed E-state index contributed by atoms with van der Waals surface area (Å²) in [7, 11) is 1.64. The van der Waals surface area contributed by atoms with Crippen LogP contribution in [0.25, 0.3) is 11.1 Å². The Morgan fingerprint density at radius 3 is 2.37 bits per heavy atom. The van der Waals surface area contributed by atoms with Crippen molar-refractivity contribution >= 4 is 28.8 Å². The summed E-state index contributed by atoms with van der Waals surface area (Å²) >= 11 is 0. The molecule has 10 atom stereocenters. The number of hydrogen-bond acceptors (Lipinski definition) is 6. The van der Waals surface area contributed by atoms with E-state index in [-0.39, 0.29) is 46.2 Å². The van der Waals surface area contributed by atoms with E-state index in [1.807, 2.05) is 26.0 Å². The predicted octanol–water partition coefficient (Wildman–Crippen LogP) is 8.98. The molecule has 1 aromatic carbocycles. The molecule has 7 heteroatoms. The van der Waals surface area contributed by atoms with Gasteiger partial charge in [-0.2, -0.15) is 0 Å². The molecule has 7 aliphatic rings. The average Bonchev–Trinajstić information content (AvgIpc) is 3.75. The van der Waals surface area contributed by atoms with Crippen molar-refractivity contribution in [1.29, 1.82) is 0 Å². The van der Waals surface area contributed by atoms with Crippen LogP contribution < -0.4 is 5.32 Å². The van der Waals surface area contributed by atoms with Crippen LogP contribution in [-0.2, 0) is 19.1 Å². The van der Waals surface area contributed by atoms with Gasteiger partial charge in [-0.1, -0.05) is 56.7 Å². The maximum atomic E-state index is 15.2. The molecule has 1 heterocycles. The Bertz CT molecular complexity index is 2060. The van der Waals surface area contributed by atoms with Crippen LogP contribution in [0.5, 0.6) is 0 Å². The van der Waals surface area contributed by atoms with Crippen molar-refractivity contribution in [1.82, 2.24) is 5.32 Å². The maximum Gasteiger partial charge on any atom is 0.303 e. The van der Waals surface area contributed by atoms with Crippen molar-refractivity contribution in [3.63, 3.8) is 0 Å². The number of amides is 1. The van der Waals surface area contributed by atoms with Crippen LogP contribution in [0, 0.1) is 39.9 Å². The maximum absolute atomic E-state index is 15.2. The van der Waals surface area contributed by atoms with Crippen molar-refractivity contribution in [3.05, 3.63) is 81.5 Å². The van der Waals surface area contributed by atoms with E-state index in [4.69, 9.17) is 9.47 Å². The van der Waals surface area contributed by atoms with Gasteiger partial charge in [0.2, 0.25) is 5.91 Å². The van der Waals surface area contributed by atoms with Crippen molar-refractivity contribution < 1.29 is 29.0 Å². The lowest BCUT2D eigenvalue weighted by Gasteiger charge is -2.65. The molecule has 7 nitrogen and oxygen atoms in total.